The Morgan fingerprint density at radius 1 is 1.56 bits per heavy atom. The maximum atomic E-state index is 9.09. The molecule has 0 aromatic heterocycles. The first kappa shape index (κ1) is 6.99. The highest BCUT2D eigenvalue weighted by Gasteiger charge is 2.24. The highest BCUT2D eigenvalue weighted by molar-refractivity contribution is 4.70. The summed E-state index contributed by atoms with van der Waals surface area (Å²) in [5.41, 5.74) is 0. The minimum atomic E-state index is 0.218. The fourth-order valence-electron chi connectivity index (χ4n) is 1.22. The van der Waals surface area contributed by atoms with Crippen molar-refractivity contribution < 1.29 is 5.21 Å². The molecule has 1 aliphatic heterocycles. The van der Waals surface area contributed by atoms with Crippen LogP contribution in [0.4, 0.5) is 0 Å². The third-order valence-electron chi connectivity index (χ3n) is 1.98. The van der Waals surface area contributed by atoms with Crippen LogP contribution in [-0.4, -0.2) is 41.0 Å². The molecule has 0 radical (unpaired) electrons. The van der Waals surface area contributed by atoms with Crippen molar-refractivity contribution in [2.45, 2.75) is 20.0 Å². The van der Waals surface area contributed by atoms with Gasteiger partial charge >= 0.3 is 0 Å². The number of hydrogen-bond acceptors (Lipinski definition) is 3. The van der Waals surface area contributed by atoms with Crippen molar-refractivity contribution in [3.05, 3.63) is 0 Å². The Labute approximate surface area is 55.8 Å². The summed E-state index contributed by atoms with van der Waals surface area (Å²) in [4.78, 5) is 2.22. The van der Waals surface area contributed by atoms with Gasteiger partial charge in [-0.2, -0.15) is 5.06 Å². The highest BCUT2D eigenvalue weighted by Crippen LogP contribution is 2.09. The van der Waals surface area contributed by atoms with Gasteiger partial charge in [-0.15, -0.1) is 0 Å². The third-order valence-corrected chi connectivity index (χ3v) is 1.98. The van der Waals surface area contributed by atoms with Crippen LogP contribution in [0.5, 0.6) is 0 Å². The zero-order valence-electron chi connectivity index (χ0n) is 6.04. The highest BCUT2D eigenvalue weighted by atomic mass is 16.5. The molecule has 0 aromatic carbocycles. The van der Waals surface area contributed by atoms with Gasteiger partial charge in [0.15, 0.2) is 0 Å². The standard InChI is InChI=1S/C6H14N2O/c1-3-7-4-5-8(9)6(7)2/h6,9H,3-5H2,1-2H3. The Bertz CT molecular complexity index is 97.1. The van der Waals surface area contributed by atoms with Crippen molar-refractivity contribution in [1.82, 2.24) is 9.96 Å². The van der Waals surface area contributed by atoms with Crippen LogP contribution in [0, 0.1) is 0 Å². The molecule has 0 spiro atoms. The first-order valence-electron chi connectivity index (χ1n) is 3.45. The predicted molar refractivity (Wildman–Crippen MR) is 35.2 cm³/mol. The molecule has 0 amide bonds. The summed E-state index contributed by atoms with van der Waals surface area (Å²) < 4.78 is 0. The Morgan fingerprint density at radius 3 is 2.44 bits per heavy atom. The lowest BCUT2D eigenvalue weighted by Crippen LogP contribution is -2.33. The Kier molecular flexibility index (Phi) is 2.05. The first-order valence-corrected chi connectivity index (χ1v) is 3.45. The zero-order chi connectivity index (χ0) is 6.85. The zero-order valence-corrected chi connectivity index (χ0v) is 6.04. The van der Waals surface area contributed by atoms with Crippen molar-refractivity contribution in [3.63, 3.8) is 0 Å². The number of nitrogens with zero attached hydrogens (tertiary/aromatic N) is 2. The molecule has 3 nitrogen and oxygen atoms in total. The molecule has 54 valence electrons. The summed E-state index contributed by atoms with van der Waals surface area (Å²) in [7, 11) is 0. The molecule has 3 heteroatoms. The second kappa shape index (κ2) is 2.64. The van der Waals surface area contributed by atoms with Crippen LogP contribution in [0.2, 0.25) is 0 Å². The van der Waals surface area contributed by atoms with Crippen molar-refractivity contribution in [2.75, 3.05) is 19.6 Å². The van der Waals surface area contributed by atoms with Gasteiger partial charge in [0, 0.05) is 13.1 Å². The van der Waals surface area contributed by atoms with Gasteiger partial charge in [-0.3, -0.25) is 4.90 Å². The van der Waals surface area contributed by atoms with E-state index in [-0.39, 0.29) is 6.17 Å². The molecule has 1 heterocycles. The van der Waals surface area contributed by atoms with Crippen molar-refractivity contribution in [1.29, 1.82) is 0 Å². The van der Waals surface area contributed by atoms with Crippen LogP contribution in [0.25, 0.3) is 0 Å². The van der Waals surface area contributed by atoms with Gasteiger partial charge in [-0.25, -0.2) is 0 Å². The van der Waals surface area contributed by atoms with E-state index in [0.29, 0.717) is 0 Å². The largest absolute Gasteiger partial charge is 0.312 e. The topological polar surface area (TPSA) is 26.7 Å². The molecule has 0 aromatic rings. The number of hydroxylamine groups is 2. The summed E-state index contributed by atoms with van der Waals surface area (Å²) in [6, 6.07) is 0. The van der Waals surface area contributed by atoms with Crippen LogP contribution in [-0.2, 0) is 0 Å². The maximum absolute atomic E-state index is 9.09. The fraction of sp³-hybridized carbons (Fsp3) is 1.00. The molecule has 0 saturated carbocycles. The number of rotatable bonds is 1. The van der Waals surface area contributed by atoms with E-state index < -0.39 is 0 Å². The molecule has 1 saturated heterocycles. The summed E-state index contributed by atoms with van der Waals surface area (Å²) in [6.45, 7) is 6.92. The molecule has 1 rings (SSSR count). The molecule has 9 heavy (non-hydrogen) atoms. The van der Waals surface area contributed by atoms with Crippen LogP contribution >= 0.6 is 0 Å². The van der Waals surface area contributed by atoms with Crippen molar-refractivity contribution in [2.24, 2.45) is 0 Å². The fourth-order valence-corrected chi connectivity index (χ4v) is 1.22. The smallest absolute Gasteiger partial charge is 0.0837 e. The number of likely N-dealkylation sites (N-methyl/N-ethyl adjacent to an activating group) is 1. The van der Waals surface area contributed by atoms with Crippen LogP contribution in [0.1, 0.15) is 13.8 Å². The van der Waals surface area contributed by atoms with Crippen LogP contribution < -0.4 is 0 Å². The molecule has 1 aliphatic rings. The van der Waals surface area contributed by atoms with E-state index in [0.717, 1.165) is 19.6 Å². The average molecular weight is 130 g/mol. The quantitative estimate of drug-likeness (QED) is 0.555. The van der Waals surface area contributed by atoms with Gasteiger partial charge in [-0.1, -0.05) is 6.92 Å². The monoisotopic (exact) mass is 130 g/mol. The molecule has 1 N–H and O–H groups in total. The van der Waals surface area contributed by atoms with Crippen LogP contribution in [0.3, 0.4) is 0 Å². The maximum Gasteiger partial charge on any atom is 0.0837 e. The average Bonchev–Trinajstić information content (AvgIpc) is 2.15. The summed E-state index contributed by atoms with van der Waals surface area (Å²) >= 11 is 0. The summed E-state index contributed by atoms with van der Waals surface area (Å²) in [5, 5.41) is 10.5. The molecule has 1 fully saturated rings. The van der Waals surface area contributed by atoms with Crippen molar-refractivity contribution >= 4 is 0 Å². The molecule has 1 unspecified atom stereocenters. The van der Waals surface area contributed by atoms with Gasteiger partial charge in [-0.05, 0) is 13.5 Å². The summed E-state index contributed by atoms with van der Waals surface area (Å²) in [6.07, 6.45) is 0.218. The van der Waals surface area contributed by atoms with E-state index in [1.807, 2.05) is 6.92 Å². The van der Waals surface area contributed by atoms with Gasteiger partial charge in [0.25, 0.3) is 0 Å². The lowest BCUT2D eigenvalue weighted by molar-refractivity contribution is -0.118. The predicted octanol–water partition coefficient (Wildman–Crippen LogP) is 0.359. The van der Waals surface area contributed by atoms with E-state index in [9.17, 15) is 0 Å². The minimum Gasteiger partial charge on any atom is -0.312 e. The van der Waals surface area contributed by atoms with E-state index in [4.69, 9.17) is 5.21 Å². The second-order valence-electron chi connectivity index (χ2n) is 2.42. The van der Waals surface area contributed by atoms with Crippen LogP contribution in [0.15, 0.2) is 0 Å². The Hall–Kier alpha value is -0.120. The lowest BCUT2D eigenvalue weighted by Gasteiger charge is -2.20. The third kappa shape index (κ3) is 1.23. The van der Waals surface area contributed by atoms with Crippen molar-refractivity contribution in [3.8, 4) is 0 Å². The molecular formula is C6H14N2O. The van der Waals surface area contributed by atoms with E-state index in [1.165, 1.54) is 5.06 Å². The molecule has 1 atom stereocenters. The second-order valence-corrected chi connectivity index (χ2v) is 2.42. The minimum absolute atomic E-state index is 0.218. The molecule has 0 bridgehead atoms. The van der Waals surface area contributed by atoms with E-state index >= 15 is 0 Å². The van der Waals surface area contributed by atoms with Gasteiger partial charge in [0.1, 0.15) is 0 Å². The van der Waals surface area contributed by atoms with Gasteiger partial charge in [0.05, 0.1) is 6.17 Å². The Morgan fingerprint density at radius 2 is 2.22 bits per heavy atom. The Balaban J connectivity index is 2.41. The van der Waals surface area contributed by atoms with Gasteiger partial charge in [0.2, 0.25) is 0 Å². The molecular weight excluding hydrogens is 116 g/mol. The summed E-state index contributed by atoms with van der Waals surface area (Å²) in [5.74, 6) is 0. The number of hydrogen-bond donors (Lipinski definition) is 1. The SMILES string of the molecule is CCN1CCN(O)C1C. The first-order chi connectivity index (χ1) is 4.25. The van der Waals surface area contributed by atoms with E-state index in [2.05, 4.69) is 11.8 Å². The lowest BCUT2D eigenvalue weighted by atomic mass is 10.5. The van der Waals surface area contributed by atoms with E-state index in [1.54, 1.807) is 0 Å². The molecule has 0 aliphatic carbocycles. The van der Waals surface area contributed by atoms with Gasteiger partial charge < -0.3 is 5.21 Å². The normalized spacial score (nSPS) is 31.7.